The minimum absolute atomic E-state index is 0.147. The summed E-state index contributed by atoms with van der Waals surface area (Å²) in [5.41, 5.74) is 0.0923. The molecule has 4 nitrogen and oxygen atoms in total. The van der Waals surface area contributed by atoms with Crippen molar-refractivity contribution in [3.05, 3.63) is 65.5 Å². The van der Waals surface area contributed by atoms with Crippen LogP contribution >= 0.6 is 0 Å². The van der Waals surface area contributed by atoms with Crippen LogP contribution in [0.5, 0.6) is 5.75 Å². The standard InChI is InChI=1S/C16H13FO4/c1-2-20-15(18)11-6-5-7-12(10-11)21-16(19)13-8-3-4-9-14(13)17/h3-10H,2H2,1H3. The molecule has 0 saturated carbocycles. The van der Waals surface area contributed by atoms with E-state index in [-0.39, 0.29) is 23.5 Å². The highest BCUT2D eigenvalue weighted by Gasteiger charge is 2.14. The number of benzene rings is 2. The van der Waals surface area contributed by atoms with Crippen LogP contribution in [-0.2, 0) is 4.74 Å². The van der Waals surface area contributed by atoms with E-state index in [2.05, 4.69) is 0 Å². The van der Waals surface area contributed by atoms with Gasteiger partial charge in [0.25, 0.3) is 0 Å². The van der Waals surface area contributed by atoms with Crippen molar-refractivity contribution >= 4 is 11.9 Å². The predicted octanol–water partition coefficient (Wildman–Crippen LogP) is 3.22. The molecule has 0 amide bonds. The third-order valence-electron chi connectivity index (χ3n) is 2.65. The minimum Gasteiger partial charge on any atom is -0.462 e. The van der Waals surface area contributed by atoms with Gasteiger partial charge >= 0.3 is 11.9 Å². The summed E-state index contributed by atoms with van der Waals surface area (Å²) < 4.78 is 23.4. The average Bonchev–Trinajstić information content (AvgIpc) is 2.48. The van der Waals surface area contributed by atoms with Crippen LogP contribution in [0.15, 0.2) is 48.5 Å². The molecule has 0 heterocycles. The van der Waals surface area contributed by atoms with Crippen molar-refractivity contribution in [2.24, 2.45) is 0 Å². The predicted molar refractivity (Wildman–Crippen MR) is 73.8 cm³/mol. The van der Waals surface area contributed by atoms with Gasteiger partial charge < -0.3 is 9.47 Å². The number of hydrogen-bond donors (Lipinski definition) is 0. The number of ether oxygens (including phenoxy) is 2. The first kappa shape index (κ1) is 14.7. The second-order valence-electron chi connectivity index (χ2n) is 4.12. The zero-order chi connectivity index (χ0) is 15.2. The fraction of sp³-hybridized carbons (Fsp3) is 0.125. The van der Waals surface area contributed by atoms with Gasteiger partial charge in [0.2, 0.25) is 0 Å². The molecular formula is C16H13FO4. The van der Waals surface area contributed by atoms with E-state index < -0.39 is 17.8 Å². The van der Waals surface area contributed by atoms with Crippen LogP contribution in [0.25, 0.3) is 0 Å². The van der Waals surface area contributed by atoms with E-state index in [1.807, 2.05) is 0 Å². The second-order valence-corrected chi connectivity index (χ2v) is 4.12. The Kier molecular flexibility index (Phi) is 4.66. The van der Waals surface area contributed by atoms with Gasteiger partial charge in [0.15, 0.2) is 0 Å². The summed E-state index contributed by atoms with van der Waals surface area (Å²) in [6.07, 6.45) is 0. The van der Waals surface area contributed by atoms with Crippen molar-refractivity contribution in [3.63, 3.8) is 0 Å². The van der Waals surface area contributed by atoms with E-state index in [1.54, 1.807) is 19.1 Å². The monoisotopic (exact) mass is 288 g/mol. The van der Waals surface area contributed by atoms with Gasteiger partial charge in [-0.3, -0.25) is 0 Å². The lowest BCUT2D eigenvalue weighted by molar-refractivity contribution is 0.0524. The molecule has 0 fully saturated rings. The number of esters is 2. The van der Waals surface area contributed by atoms with Crippen LogP contribution in [0.2, 0.25) is 0 Å². The van der Waals surface area contributed by atoms with Gasteiger partial charge in [-0.15, -0.1) is 0 Å². The van der Waals surface area contributed by atoms with E-state index in [9.17, 15) is 14.0 Å². The summed E-state index contributed by atoms with van der Waals surface area (Å²) in [6, 6.07) is 11.5. The van der Waals surface area contributed by atoms with Gasteiger partial charge in [-0.25, -0.2) is 14.0 Å². The van der Waals surface area contributed by atoms with E-state index in [4.69, 9.17) is 9.47 Å². The Hall–Kier alpha value is -2.69. The summed E-state index contributed by atoms with van der Waals surface area (Å²) in [6.45, 7) is 1.94. The van der Waals surface area contributed by atoms with Crippen LogP contribution in [0.1, 0.15) is 27.6 Å². The van der Waals surface area contributed by atoms with Gasteiger partial charge in [-0.05, 0) is 37.3 Å². The molecule has 0 spiro atoms. The summed E-state index contributed by atoms with van der Waals surface area (Å²) in [7, 11) is 0. The van der Waals surface area contributed by atoms with Crippen molar-refractivity contribution in [2.45, 2.75) is 6.92 Å². The highest BCUT2D eigenvalue weighted by Crippen LogP contribution is 2.17. The first-order valence-corrected chi connectivity index (χ1v) is 6.35. The molecule has 2 aromatic carbocycles. The molecular weight excluding hydrogens is 275 g/mol. The topological polar surface area (TPSA) is 52.6 Å². The van der Waals surface area contributed by atoms with E-state index in [0.717, 1.165) is 0 Å². The number of hydrogen-bond acceptors (Lipinski definition) is 4. The zero-order valence-electron chi connectivity index (χ0n) is 11.3. The molecule has 0 N–H and O–H groups in total. The molecule has 0 radical (unpaired) electrons. The molecule has 5 heteroatoms. The average molecular weight is 288 g/mol. The summed E-state index contributed by atoms with van der Waals surface area (Å²) in [5.74, 6) is -1.85. The van der Waals surface area contributed by atoms with Crippen LogP contribution in [0.3, 0.4) is 0 Å². The quantitative estimate of drug-likeness (QED) is 0.640. The Morgan fingerprint density at radius 3 is 2.52 bits per heavy atom. The third-order valence-corrected chi connectivity index (χ3v) is 2.65. The molecule has 0 atom stereocenters. The molecule has 0 aliphatic rings. The Balaban J connectivity index is 2.17. The van der Waals surface area contributed by atoms with Gasteiger partial charge in [-0.1, -0.05) is 18.2 Å². The van der Waals surface area contributed by atoms with E-state index in [1.165, 1.54) is 36.4 Å². The maximum absolute atomic E-state index is 13.5. The molecule has 2 rings (SSSR count). The lowest BCUT2D eigenvalue weighted by atomic mass is 10.2. The Labute approximate surface area is 121 Å². The number of carbonyl (C=O) groups excluding carboxylic acids is 2. The van der Waals surface area contributed by atoms with Crippen LogP contribution < -0.4 is 4.74 Å². The summed E-state index contributed by atoms with van der Waals surface area (Å²) in [5, 5.41) is 0. The highest BCUT2D eigenvalue weighted by molar-refractivity contribution is 5.92. The molecule has 0 saturated heterocycles. The largest absolute Gasteiger partial charge is 0.462 e. The molecule has 108 valence electrons. The summed E-state index contributed by atoms with van der Waals surface area (Å²) >= 11 is 0. The fourth-order valence-electron chi connectivity index (χ4n) is 1.69. The molecule has 0 aromatic heterocycles. The van der Waals surface area contributed by atoms with Gasteiger partial charge in [-0.2, -0.15) is 0 Å². The minimum atomic E-state index is -0.825. The Bertz CT molecular complexity index is 667. The van der Waals surface area contributed by atoms with Gasteiger partial charge in [0.05, 0.1) is 17.7 Å². The van der Waals surface area contributed by atoms with Crippen LogP contribution in [-0.4, -0.2) is 18.5 Å². The summed E-state index contributed by atoms with van der Waals surface area (Å²) in [4.78, 5) is 23.4. The molecule has 2 aromatic rings. The van der Waals surface area contributed by atoms with Crippen molar-refractivity contribution in [3.8, 4) is 5.75 Å². The second kappa shape index (κ2) is 6.65. The Morgan fingerprint density at radius 2 is 1.81 bits per heavy atom. The van der Waals surface area contributed by atoms with Gasteiger partial charge in [0, 0.05) is 0 Å². The Morgan fingerprint density at radius 1 is 1.05 bits per heavy atom. The first-order valence-electron chi connectivity index (χ1n) is 6.35. The first-order chi connectivity index (χ1) is 10.1. The molecule has 0 aliphatic carbocycles. The third kappa shape index (κ3) is 3.66. The SMILES string of the molecule is CCOC(=O)c1cccc(OC(=O)c2ccccc2F)c1. The van der Waals surface area contributed by atoms with Crippen molar-refractivity contribution in [2.75, 3.05) is 6.61 Å². The van der Waals surface area contributed by atoms with Crippen molar-refractivity contribution in [1.82, 2.24) is 0 Å². The zero-order valence-corrected chi connectivity index (χ0v) is 11.3. The molecule has 0 unspecified atom stereocenters. The molecule has 0 aliphatic heterocycles. The van der Waals surface area contributed by atoms with E-state index >= 15 is 0 Å². The van der Waals surface area contributed by atoms with Crippen molar-refractivity contribution in [1.29, 1.82) is 0 Å². The lowest BCUT2D eigenvalue weighted by Crippen LogP contribution is -2.11. The number of carbonyl (C=O) groups is 2. The van der Waals surface area contributed by atoms with Crippen molar-refractivity contribution < 1.29 is 23.5 Å². The van der Waals surface area contributed by atoms with E-state index in [0.29, 0.717) is 0 Å². The number of halogens is 1. The molecule has 21 heavy (non-hydrogen) atoms. The smallest absolute Gasteiger partial charge is 0.346 e. The highest BCUT2D eigenvalue weighted by atomic mass is 19.1. The molecule has 0 bridgehead atoms. The normalized spacial score (nSPS) is 10.0. The lowest BCUT2D eigenvalue weighted by Gasteiger charge is -2.07. The van der Waals surface area contributed by atoms with Crippen LogP contribution in [0, 0.1) is 5.82 Å². The maximum Gasteiger partial charge on any atom is 0.346 e. The van der Waals surface area contributed by atoms with Crippen LogP contribution in [0.4, 0.5) is 4.39 Å². The number of rotatable bonds is 4. The fourth-order valence-corrected chi connectivity index (χ4v) is 1.69. The maximum atomic E-state index is 13.5. The van der Waals surface area contributed by atoms with Gasteiger partial charge in [0.1, 0.15) is 11.6 Å².